The summed E-state index contributed by atoms with van der Waals surface area (Å²) in [4.78, 5) is 13.1. The number of piperidine rings is 1. The Kier molecular flexibility index (Phi) is 3.24. The third-order valence-electron chi connectivity index (χ3n) is 3.14. The van der Waals surface area contributed by atoms with Crippen molar-refractivity contribution < 1.29 is 4.79 Å². The molecule has 16 heavy (non-hydrogen) atoms. The van der Waals surface area contributed by atoms with E-state index >= 15 is 0 Å². The van der Waals surface area contributed by atoms with E-state index in [2.05, 4.69) is 15.5 Å². The predicted octanol–water partition coefficient (Wildman–Crippen LogP) is 0.429. The molecule has 1 aromatic rings. The first-order chi connectivity index (χ1) is 7.66. The summed E-state index contributed by atoms with van der Waals surface area (Å²) in [7, 11) is 1.86. The van der Waals surface area contributed by atoms with Crippen molar-refractivity contribution in [2.75, 3.05) is 13.6 Å². The van der Waals surface area contributed by atoms with Crippen molar-refractivity contribution in [2.45, 2.75) is 32.4 Å². The van der Waals surface area contributed by atoms with Gasteiger partial charge in [0, 0.05) is 43.9 Å². The van der Waals surface area contributed by atoms with Gasteiger partial charge in [-0.15, -0.1) is 0 Å². The number of rotatable bonds is 3. The second kappa shape index (κ2) is 4.65. The molecule has 2 rings (SSSR count). The van der Waals surface area contributed by atoms with Gasteiger partial charge in [0.15, 0.2) is 0 Å². The molecule has 0 radical (unpaired) electrons. The molecule has 5 heteroatoms. The highest BCUT2D eigenvalue weighted by Crippen LogP contribution is 2.11. The fourth-order valence-electron chi connectivity index (χ4n) is 1.99. The highest BCUT2D eigenvalue weighted by atomic mass is 16.2. The average molecular weight is 222 g/mol. The number of amides is 1. The Morgan fingerprint density at radius 2 is 2.50 bits per heavy atom. The number of H-pyrrole nitrogens is 1. The van der Waals surface area contributed by atoms with Crippen LogP contribution in [0.4, 0.5) is 0 Å². The van der Waals surface area contributed by atoms with Gasteiger partial charge in [0.2, 0.25) is 5.91 Å². The van der Waals surface area contributed by atoms with E-state index in [0.717, 1.165) is 25.2 Å². The fraction of sp³-hybridized carbons (Fsp3) is 0.636. The molecule has 0 aliphatic carbocycles. The summed E-state index contributed by atoms with van der Waals surface area (Å²) < 4.78 is 0. The topological polar surface area (TPSA) is 61.0 Å². The van der Waals surface area contributed by atoms with Crippen molar-refractivity contribution in [2.24, 2.45) is 0 Å². The molecular formula is C11H18N4O. The molecule has 88 valence electrons. The number of aromatic nitrogens is 2. The Balaban J connectivity index is 1.83. The molecule has 0 spiro atoms. The maximum atomic E-state index is 11.3. The van der Waals surface area contributed by atoms with Gasteiger partial charge >= 0.3 is 0 Å². The smallest absolute Gasteiger partial charge is 0.222 e. The van der Waals surface area contributed by atoms with Gasteiger partial charge in [-0.2, -0.15) is 5.10 Å². The molecule has 1 aliphatic heterocycles. The molecule has 2 heterocycles. The minimum Gasteiger partial charge on any atom is -0.344 e. The summed E-state index contributed by atoms with van der Waals surface area (Å²) in [6.07, 6.45) is 3.43. The second-order valence-electron chi connectivity index (χ2n) is 4.41. The molecular weight excluding hydrogens is 204 g/mol. The third-order valence-corrected chi connectivity index (χ3v) is 3.14. The van der Waals surface area contributed by atoms with Crippen molar-refractivity contribution in [1.29, 1.82) is 0 Å². The van der Waals surface area contributed by atoms with E-state index in [1.54, 1.807) is 4.90 Å². The quantitative estimate of drug-likeness (QED) is 0.779. The van der Waals surface area contributed by atoms with Crippen LogP contribution in [0, 0.1) is 6.92 Å². The van der Waals surface area contributed by atoms with Crippen LogP contribution in [0.25, 0.3) is 0 Å². The van der Waals surface area contributed by atoms with Gasteiger partial charge in [0.05, 0.1) is 6.20 Å². The average Bonchev–Trinajstić information content (AvgIpc) is 2.66. The zero-order valence-electron chi connectivity index (χ0n) is 9.79. The van der Waals surface area contributed by atoms with Crippen LogP contribution in [0.1, 0.15) is 24.1 Å². The number of nitrogens with zero attached hydrogens (tertiary/aromatic N) is 2. The van der Waals surface area contributed by atoms with Gasteiger partial charge in [0.25, 0.3) is 0 Å². The molecule has 1 aromatic heterocycles. The number of aryl methyl sites for hydroxylation is 1. The molecule has 1 aliphatic rings. The fourth-order valence-corrected chi connectivity index (χ4v) is 1.99. The number of carbonyl (C=O) groups is 1. The van der Waals surface area contributed by atoms with E-state index in [-0.39, 0.29) is 5.91 Å². The first-order valence-electron chi connectivity index (χ1n) is 5.63. The third kappa shape index (κ3) is 2.41. The Morgan fingerprint density at radius 1 is 1.69 bits per heavy atom. The highest BCUT2D eigenvalue weighted by molar-refractivity contribution is 5.76. The van der Waals surface area contributed by atoms with Gasteiger partial charge in [-0.25, -0.2) is 0 Å². The van der Waals surface area contributed by atoms with Crippen LogP contribution in [0.3, 0.4) is 0 Å². The Morgan fingerprint density at radius 3 is 3.12 bits per heavy atom. The van der Waals surface area contributed by atoms with Gasteiger partial charge in [0.1, 0.15) is 0 Å². The molecule has 0 saturated carbocycles. The van der Waals surface area contributed by atoms with Crippen LogP contribution in [0.15, 0.2) is 6.20 Å². The molecule has 1 unspecified atom stereocenters. The number of hydrogen-bond acceptors (Lipinski definition) is 3. The van der Waals surface area contributed by atoms with E-state index in [0.29, 0.717) is 12.5 Å². The molecule has 0 bridgehead atoms. The summed E-state index contributed by atoms with van der Waals surface area (Å²) in [5, 5.41) is 10.4. The maximum Gasteiger partial charge on any atom is 0.222 e. The second-order valence-corrected chi connectivity index (χ2v) is 4.41. The molecule has 1 fully saturated rings. The van der Waals surface area contributed by atoms with Crippen LogP contribution < -0.4 is 5.32 Å². The van der Waals surface area contributed by atoms with E-state index in [9.17, 15) is 4.79 Å². The van der Waals surface area contributed by atoms with E-state index in [1.165, 1.54) is 5.56 Å². The monoisotopic (exact) mass is 222 g/mol. The van der Waals surface area contributed by atoms with Crippen molar-refractivity contribution in [1.82, 2.24) is 20.4 Å². The van der Waals surface area contributed by atoms with Crippen molar-refractivity contribution in [3.05, 3.63) is 17.5 Å². The molecule has 1 saturated heterocycles. The number of likely N-dealkylation sites (tertiary alicyclic amines) is 1. The van der Waals surface area contributed by atoms with Crippen LogP contribution in [-0.4, -0.2) is 40.6 Å². The maximum absolute atomic E-state index is 11.3. The molecule has 1 atom stereocenters. The predicted molar refractivity (Wildman–Crippen MR) is 60.8 cm³/mol. The minimum atomic E-state index is 0.248. The van der Waals surface area contributed by atoms with Crippen LogP contribution in [0.5, 0.6) is 0 Å². The summed E-state index contributed by atoms with van der Waals surface area (Å²) in [5.41, 5.74) is 2.30. The van der Waals surface area contributed by atoms with Crippen LogP contribution in [0.2, 0.25) is 0 Å². The lowest BCUT2D eigenvalue weighted by Crippen LogP contribution is -2.46. The SMILES string of the molecule is Cc1[nH]ncc1CNC1CCC(=O)N(C)C1. The zero-order chi connectivity index (χ0) is 11.5. The van der Waals surface area contributed by atoms with Crippen molar-refractivity contribution >= 4 is 5.91 Å². The van der Waals surface area contributed by atoms with Crippen LogP contribution >= 0.6 is 0 Å². The summed E-state index contributed by atoms with van der Waals surface area (Å²) in [6.45, 7) is 3.63. The van der Waals surface area contributed by atoms with Crippen molar-refractivity contribution in [3.8, 4) is 0 Å². The molecule has 0 aromatic carbocycles. The molecule has 5 nitrogen and oxygen atoms in total. The Labute approximate surface area is 95.2 Å². The summed E-state index contributed by atoms with van der Waals surface area (Å²) >= 11 is 0. The van der Waals surface area contributed by atoms with Gasteiger partial charge in [-0.05, 0) is 13.3 Å². The largest absolute Gasteiger partial charge is 0.344 e. The number of hydrogen-bond donors (Lipinski definition) is 2. The van der Waals surface area contributed by atoms with Gasteiger partial charge < -0.3 is 10.2 Å². The van der Waals surface area contributed by atoms with Crippen LogP contribution in [-0.2, 0) is 11.3 Å². The van der Waals surface area contributed by atoms with Gasteiger partial charge in [-0.1, -0.05) is 0 Å². The van der Waals surface area contributed by atoms with E-state index < -0.39 is 0 Å². The molecule has 2 N–H and O–H groups in total. The first kappa shape index (κ1) is 11.1. The van der Waals surface area contributed by atoms with E-state index in [1.807, 2.05) is 20.2 Å². The lowest BCUT2D eigenvalue weighted by atomic mass is 10.1. The Bertz CT molecular complexity index is 374. The van der Waals surface area contributed by atoms with Gasteiger partial charge in [-0.3, -0.25) is 9.89 Å². The summed E-state index contributed by atoms with van der Waals surface area (Å²) in [5.74, 6) is 0.248. The lowest BCUT2D eigenvalue weighted by molar-refractivity contribution is -0.132. The number of nitrogens with one attached hydrogen (secondary N) is 2. The number of carbonyl (C=O) groups excluding carboxylic acids is 1. The number of aromatic amines is 1. The molecule has 1 amide bonds. The van der Waals surface area contributed by atoms with E-state index in [4.69, 9.17) is 0 Å². The highest BCUT2D eigenvalue weighted by Gasteiger charge is 2.22. The summed E-state index contributed by atoms with van der Waals surface area (Å²) in [6, 6.07) is 0.400. The minimum absolute atomic E-state index is 0.248. The Hall–Kier alpha value is -1.36. The van der Waals surface area contributed by atoms with Crippen molar-refractivity contribution in [3.63, 3.8) is 0 Å². The zero-order valence-corrected chi connectivity index (χ0v) is 9.79. The lowest BCUT2D eigenvalue weighted by Gasteiger charge is -2.30. The normalized spacial score (nSPS) is 21.5. The standard InChI is InChI=1S/C11H18N4O/c1-8-9(6-13-14-8)5-12-10-3-4-11(16)15(2)7-10/h6,10,12H,3-5,7H2,1-2H3,(H,13,14). The first-order valence-corrected chi connectivity index (χ1v) is 5.63. The number of likely N-dealkylation sites (N-methyl/N-ethyl adjacent to an activating group) is 1.